The van der Waals surface area contributed by atoms with Crippen molar-refractivity contribution in [3.05, 3.63) is 129 Å². The van der Waals surface area contributed by atoms with Gasteiger partial charge in [-0.1, -0.05) is 70.0 Å². The lowest BCUT2D eigenvalue weighted by Crippen LogP contribution is -2.21. The predicted molar refractivity (Wildman–Crippen MR) is 159 cm³/mol. The van der Waals surface area contributed by atoms with E-state index >= 15 is 0 Å². The first-order chi connectivity index (χ1) is 19.2. The summed E-state index contributed by atoms with van der Waals surface area (Å²) < 4.78 is 34.2. The zero-order valence-electron chi connectivity index (χ0n) is 20.6. The molecular formula is C29H21BrClN3O5S. The van der Waals surface area contributed by atoms with E-state index in [0.717, 1.165) is 5.56 Å². The Hall–Kier alpha value is -4.25. The summed E-state index contributed by atoms with van der Waals surface area (Å²) >= 11 is 9.22. The van der Waals surface area contributed by atoms with Crippen LogP contribution in [-0.2, 0) is 14.8 Å². The summed E-state index contributed by atoms with van der Waals surface area (Å²) in [5, 5.41) is 4.37. The fraction of sp³-hybridized carbons (Fsp3) is 0. The number of halogens is 2. The van der Waals surface area contributed by atoms with Gasteiger partial charge in [-0.25, -0.2) is 18.6 Å². The smallest absolute Gasteiger partial charge is 0.336 e. The summed E-state index contributed by atoms with van der Waals surface area (Å²) in [5.41, 5.74) is 3.74. The van der Waals surface area contributed by atoms with E-state index in [1.807, 2.05) is 30.3 Å². The number of esters is 1. The molecule has 4 aromatic carbocycles. The van der Waals surface area contributed by atoms with Gasteiger partial charge in [0.05, 0.1) is 22.4 Å². The number of hydrogen-bond donors (Lipinski definition) is 2. The summed E-state index contributed by atoms with van der Waals surface area (Å²) in [7, 11) is -3.98. The number of nitrogens with zero attached hydrogens (tertiary/aromatic N) is 1. The van der Waals surface area contributed by atoms with Crippen molar-refractivity contribution in [3.63, 3.8) is 0 Å². The molecule has 0 heterocycles. The Labute approximate surface area is 244 Å². The van der Waals surface area contributed by atoms with Crippen molar-refractivity contribution in [2.24, 2.45) is 5.10 Å². The van der Waals surface area contributed by atoms with Crippen molar-refractivity contribution in [1.82, 2.24) is 5.43 Å². The zero-order chi connectivity index (χ0) is 28.5. The highest BCUT2D eigenvalue weighted by Crippen LogP contribution is 2.23. The number of nitrogens with one attached hydrogen (secondary N) is 2. The fourth-order valence-corrected chi connectivity index (χ4v) is 4.98. The fourth-order valence-electron chi connectivity index (χ4n) is 3.39. The quantitative estimate of drug-likeness (QED) is 0.0736. The Morgan fingerprint density at radius 1 is 0.900 bits per heavy atom. The number of hydrazone groups is 1. The summed E-state index contributed by atoms with van der Waals surface area (Å²) in [6, 6.07) is 26.0. The van der Waals surface area contributed by atoms with Crippen molar-refractivity contribution in [2.45, 2.75) is 4.90 Å². The molecular weight excluding hydrogens is 618 g/mol. The van der Waals surface area contributed by atoms with Gasteiger partial charge in [-0.2, -0.15) is 5.10 Å². The molecule has 0 radical (unpaired) electrons. The second-order valence-electron chi connectivity index (χ2n) is 8.15. The summed E-state index contributed by atoms with van der Waals surface area (Å²) in [5.74, 6) is -1.03. The summed E-state index contributed by atoms with van der Waals surface area (Å²) in [4.78, 5) is 25.2. The first-order valence-electron chi connectivity index (χ1n) is 11.7. The summed E-state index contributed by atoms with van der Waals surface area (Å²) in [6.07, 6.45) is 4.25. The SMILES string of the molecule is O=C(C=Cc1ccccc1)Oc1ccc(Br)cc1C=NNC(=O)c1ccccc1NS(=O)(=O)c1ccc(Cl)cc1. The molecule has 0 unspecified atom stereocenters. The second-order valence-corrected chi connectivity index (χ2v) is 11.2. The third kappa shape index (κ3) is 7.89. The van der Waals surface area contributed by atoms with Crippen molar-refractivity contribution in [1.29, 1.82) is 0 Å². The van der Waals surface area contributed by atoms with Crippen LogP contribution in [0.3, 0.4) is 0 Å². The van der Waals surface area contributed by atoms with Gasteiger partial charge < -0.3 is 4.74 Å². The second kappa shape index (κ2) is 13.2. The highest BCUT2D eigenvalue weighted by atomic mass is 79.9. The number of carbonyl (C=O) groups is 2. The van der Waals surface area contributed by atoms with Gasteiger partial charge >= 0.3 is 5.97 Å². The van der Waals surface area contributed by atoms with Crippen LogP contribution in [0, 0.1) is 0 Å². The number of ether oxygens (including phenoxy) is 1. The largest absolute Gasteiger partial charge is 0.423 e. The highest BCUT2D eigenvalue weighted by molar-refractivity contribution is 9.10. The first kappa shape index (κ1) is 28.8. The first-order valence-corrected chi connectivity index (χ1v) is 14.3. The lowest BCUT2D eigenvalue weighted by atomic mass is 10.2. The lowest BCUT2D eigenvalue weighted by molar-refractivity contribution is -0.128. The van der Waals surface area contributed by atoms with Crippen LogP contribution in [0.25, 0.3) is 6.08 Å². The van der Waals surface area contributed by atoms with Crippen LogP contribution in [0.15, 0.2) is 118 Å². The van der Waals surface area contributed by atoms with Gasteiger partial charge in [0.15, 0.2) is 0 Å². The normalized spacial score (nSPS) is 11.4. The number of sulfonamides is 1. The molecule has 0 atom stereocenters. The molecule has 1 amide bonds. The van der Waals surface area contributed by atoms with Crippen molar-refractivity contribution < 1.29 is 22.7 Å². The maximum atomic E-state index is 12.9. The standard InChI is InChI=1S/C29H21BrClN3O5S/c30-22-11-16-27(39-28(35)17-10-20-6-2-1-3-7-20)21(18-22)19-32-33-29(36)25-8-4-5-9-26(25)34-40(37,38)24-14-12-23(31)13-15-24/h1-19,34H,(H,33,36). The van der Waals surface area contributed by atoms with E-state index < -0.39 is 21.9 Å². The molecule has 0 spiro atoms. The van der Waals surface area contributed by atoms with Crippen molar-refractivity contribution in [3.8, 4) is 5.75 Å². The topological polar surface area (TPSA) is 114 Å². The average Bonchev–Trinajstić information content (AvgIpc) is 2.94. The lowest BCUT2D eigenvalue weighted by Gasteiger charge is -2.12. The van der Waals surface area contributed by atoms with Gasteiger partial charge in [-0.15, -0.1) is 0 Å². The van der Waals surface area contributed by atoms with E-state index in [1.54, 1.807) is 36.4 Å². The number of para-hydroxylation sites is 1. The van der Waals surface area contributed by atoms with Gasteiger partial charge in [-0.3, -0.25) is 9.52 Å². The van der Waals surface area contributed by atoms with Gasteiger partial charge in [0, 0.05) is 21.1 Å². The van der Waals surface area contributed by atoms with Gasteiger partial charge in [0.2, 0.25) is 0 Å². The minimum Gasteiger partial charge on any atom is -0.423 e. The monoisotopic (exact) mass is 637 g/mol. The van der Waals surface area contributed by atoms with E-state index in [4.69, 9.17) is 16.3 Å². The number of anilines is 1. The number of carbonyl (C=O) groups excluding carboxylic acids is 2. The minimum atomic E-state index is -3.98. The van der Waals surface area contributed by atoms with Crippen LogP contribution < -0.4 is 14.9 Å². The summed E-state index contributed by atoms with van der Waals surface area (Å²) in [6.45, 7) is 0. The number of rotatable bonds is 9. The van der Waals surface area contributed by atoms with E-state index in [-0.39, 0.29) is 21.9 Å². The van der Waals surface area contributed by atoms with Crippen LogP contribution in [0.1, 0.15) is 21.5 Å². The van der Waals surface area contributed by atoms with E-state index in [2.05, 4.69) is 31.2 Å². The molecule has 2 N–H and O–H groups in total. The van der Waals surface area contributed by atoms with E-state index in [1.165, 1.54) is 48.7 Å². The Morgan fingerprint density at radius 2 is 1.60 bits per heavy atom. The van der Waals surface area contributed by atoms with Gasteiger partial charge in [0.25, 0.3) is 15.9 Å². The van der Waals surface area contributed by atoms with Gasteiger partial charge in [0.1, 0.15) is 5.75 Å². The van der Waals surface area contributed by atoms with Crippen molar-refractivity contribution >= 4 is 67.4 Å². The molecule has 0 aromatic heterocycles. The van der Waals surface area contributed by atoms with E-state index in [9.17, 15) is 18.0 Å². The van der Waals surface area contributed by atoms with Crippen LogP contribution >= 0.6 is 27.5 Å². The van der Waals surface area contributed by atoms with E-state index in [0.29, 0.717) is 15.1 Å². The van der Waals surface area contributed by atoms with Gasteiger partial charge in [-0.05, 0) is 66.2 Å². The molecule has 4 rings (SSSR count). The Morgan fingerprint density at radius 3 is 2.35 bits per heavy atom. The molecule has 202 valence electrons. The number of hydrogen-bond acceptors (Lipinski definition) is 6. The van der Waals surface area contributed by atoms with Crippen LogP contribution in [0.5, 0.6) is 5.75 Å². The highest BCUT2D eigenvalue weighted by Gasteiger charge is 2.18. The average molecular weight is 639 g/mol. The molecule has 8 nitrogen and oxygen atoms in total. The molecule has 0 aliphatic carbocycles. The Balaban J connectivity index is 1.46. The third-order valence-corrected chi connectivity index (χ3v) is 7.43. The van der Waals surface area contributed by atoms with Crippen LogP contribution in [0.2, 0.25) is 5.02 Å². The maximum absolute atomic E-state index is 12.9. The third-order valence-electron chi connectivity index (χ3n) is 5.30. The predicted octanol–water partition coefficient (Wildman–Crippen LogP) is 6.29. The van der Waals surface area contributed by atoms with Crippen molar-refractivity contribution in [2.75, 3.05) is 4.72 Å². The molecule has 0 aliphatic heterocycles. The zero-order valence-corrected chi connectivity index (χ0v) is 23.8. The molecule has 0 fully saturated rings. The molecule has 4 aromatic rings. The van der Waals surface area contributed by atoms with Crippen LogP contribution in [0.4, 0.5) is 5.69 Å². The molecule has 11 heteroatoms. The molecule has 0 saturated heterocycles. The van der Waals surface area contributed by atoms with Crippen LogP contribution in [-0.4, -0.2) is 26.5 Å². The Kier molecular flexibility index (Phi) is 9.49. The Bertz CT molecular complexity index is 1690. The molecule has 0 aliphatic rings. The molecule has 0 bridgehead atoms. The number of benzene rings is 4. The minimum absolute atomic E-state index is 0.0134. The molecule has 0 saturated carbocycles. The molecule has 40 heavy (non-hydrogen) atoms. The maximum Gasteiger partial charge on any atom is 0.336 e. The number of amides is 1.